The summed E-state index contributed by atoms with van der Waals surface area (Å²) in [5.41, 5.74) is 1.50. The van der Waals surface area contributed by atoms with Gasteiger partial charge in [0.1, 0.15) is 5.75 Å². The highest BCUT2D eigenvalue weighted by atomic mass is 32.2. The summed E-state index contributed by atoms with van der Waals surface area (Å²) in [6, 6.07) is 11.4. The van der Waals surface area contributed by atoms with Crippen molar-refractivity contribution in [1.29, 1.82) is 0 Å². The van der Waals surface area contributed by atoms with Crippen LogP contribution in [0.15, 0.2) is 47.4 Å². The number of amides is 1. The number of sulfonamides is 1. The lowest BCUT2D eigenvalue weighted by Gasteiger charge is -2.13. The maximum absolute atomic E-state index is 12.3. The first-order valence-corrected chi connectivity index (χ1v) is 10.2. The minimum atomic E-state index is -3.69. The molecule has 8 nitrogen and oxygen atoms in total. The Morgan fingerprint density at radius 2 is 1.72 bits per heavy atom. The van der Waals surface area contributed by atoms with E-state index in [0.29, 0.717) is 11.3 Å². The van der Waals surface area contributed by atoms with Crippen LogP contribution in [0.25, 0.3) is 0 Å². The number of carbonyl (C=O) groups excluding carboxylic acids is 2. The van der Waals surface area contributed by atoms with E-state index in [9.17, 15) is 18.0 Å². The van der Waals surface area contributed by atoms with Gasteiger partial charge in [-0.3, -0.25) is 4.79 Å². The summed E-state index contributed by atoms with van der Waals surface area (Å²) in [5, 5.41) is 2.65. The Morgan fingerprint density at radius 3 is 2.31 bits per heavy atom. The minimum absolute atomic E-state index is 0.0241. The molecule has 2 rings (SSSR count). The molecule has 1 N–H and O–H groups in total. The molecular weight excluding hydrogens is 396 g/mol. The zero-order valence-electron chi connectivity index (χ0n) is 16.8. The van der Waals surface area contributed by atoms with Crippen LogP contribution >= 0.6 is 0 Å². The predicted octanol–water partition coefficient (Wildman–Crippen LogP) is 1.73. The van der Waals surface area contributed by atoms with Crippen molar-refractivity contribution in [2.24, 2.45) is 0 Å². The molecule has 156 valence electrons. The van der Waals surface area contributed by atoms with Crippen LogP contribution in [0.4, 0.5) is 0 Å². The maximum atomic E-state index is 12.3. The van der Waals surface area contributed by atoms with E-state index in [1.807, 2.05) is 12.1 Å². The van der Waals surface area contributed by atoms with E-state index in [1.165, 1.54) is 32.3 Å². The fourth-order valence-corrected chi connectivity index (χ4v) is 3.32. The Bertz CT molecular complexity index is 985. The summed E-state index contributed by atoms with van der Waals surface area (Å²) in [6.45, 7) is 1.46. The van der Waals surface area contributed by atoms with Gasteiger partial charge in [0.25, 0.3) is 5.91 Å². The number of nitrogens with one attached hydrogen (secondary N) is 1. The number of ether oxygens (including phenoxy) is 2. The Balaban J connectivity index is 1.96. The third-order valence-electron chi connectivity index (χ3n) is 4.19. The highest BCUT2D eigenvalue weighted by molar-refractivity contribution is 7.89. The molecule has 0 aliphatic heterocycles. The van der Waals surface area contributed by atoms with Crippen molar-refractivity contribution < 1.29 is 27.5 Å². The normalized spacial score (nSPS) is 11.2. The highest BCUT2D eigenvalue weighted by Crippen LogP contribution is 2.19. The Kier molecular flexibility index (Phi) is 7.35. The molecule has 0 bridgehead atoms. The lowest BCUT2D eigenvalue weighted by Crippen LogP contribution is -2.28. The second kappa shape index (κ2) is 9.53. The monoisotopic (exact) mass is 420 g/mol. The Morgan fingerprint density at radius 1 is 1.07 bits per heavy atom. The van der Waals surface area contributed by atoms with E-state index in [-0.39, 0.29) is 17.0 Å². The van der Waals surface area contributed by atoms with Gasteiger partial charge in [0, 0.05) is 20.6 Å². The quantitative estimate of drug-likeness (QED) is 0.653. The number of carbonyl (C=O) groups is 2. The lowest BCUT2D eigenvalue weighted by atomic mass is 10.1. The van der Waals surface area contributed by atoms with Crippen molar-refractivity contribution in [3.05, 3.63) is 59.2 Å². The van der Waals surface area contributed by atoms with E-state index in [2.05, 4.69) is 5.32 Å². The van der Waals surface area contributed by atoms with Crippen LogP contribution in [0.5, 0.6) is 5.75 Å². The van der Waals surface area contributed by atoms with E-state index in [0.717, 1.165) is 9.87 Å². The fraction of sp³-hybridized carbons (Fsp3) is 0.300. The van der Waals surface area contributed by atoms with Crippen LogP contribution in [0.3, 0.4) is 0 Å². The summed E-state index contributed by atoms with van der Waals surface area (Å²) < 4.78 is 35.7. The summed E-state index contributed by atoms with van der Waals surface area (Å²) >= 11 is 0. The van der Waals surface area contributed by atoms with Gasteiger partial charge in [0.2, 0.25) is 10.0 Å². The largest absolute Gasteiger partial charge is 0.497 e. The van der Waals surface area contributed by atoms with Crippen LogP contribution < -0.4 is 10.1 Å². The average molecular weight is 420 g/mol. The topological polar surface area (TPSA) is 102 Å². The molecule has 2 aromatic rings. The predicted molar refractivity (Wildman–Crippen MR) is 107 cm³/mol. The van der Waals surface area contributed by atoms with Crippen LogP contribution in [0.2, 0.25) is 0 Å². The van der Waals surface area contributed by atoms with Crippen LogP contribution in [0.1, 0.15) is 21.5 Å². The Hall–Kier alpha value is -2.91. The molecule has 0 aromatic heterocycles. The molecule has 0 unspecified atom stereocenters. The standard InChI is InChI=1S/C20H24N2O6S/c1-14-5-10-17(29(25,26)22(2)3)11-18(14)20(24)28-13-19(23)21-12-15-6-8-16(27-4)9-7-15/h5-11H,12-13H2,1-4H3,(H,21,23). The van der Waals surface area contributed by atoms with Gasteiger partial charge in [-0.05, 0) is 42.3 Å². The maximum Gasteiger partial charge on any atom is 0.338 e. The number of nitrogens with zero attached hydrogens (tertiary/aromatic N) is 1. The molecule has 0 saturated carbocycles. The molecule has 0 aliphatic carbocycles. The zero-order valence-corrected chi connectivity index (χ0v) is 17.6. The van der Waals surface area contributed by atoms with Gasteiger partial charge in [-0.1, -0.05) is 18.2 Å². The minimum Gasteiger partial charge on any atom is -0.497 e. The second-order valence-corrected chi connectivity index (χ2v) is 8.62. The van der Waals surface area contributed by atoms with E-state index >= 15 is 0 Å². The molecule has 0 heterocycles. The van der Waals surface area contributed by atoms with Crippen LogP contribution in [-0.4, -0.2) is 52.4 Å². The van der Waals surface area contributed by atoms with Gasteiger partial charge in [-0.15, -0.1) is 0 Å². The second-order valence-electron chi connectivity index (χ2n) is 6.47. The first kappa shape index (κ1) is 22.4. The molecule has 0 spiro atoms. The molecule has 9 heteroatoms. The van der Waals surface area contributed by atoms with E-state index < -0.39 is 28.5 Å². The van der Waals surface area contributed by atoms with Crippen molar-refractivity contribution >= 4 is 21.9 Å². The van der Waals surface area contributed by atoms with Gasteiger partial charge in [-0.2, -0.15) is 0 Å². The lowest BCUT2D eigenvalue weighted by molar-refractivity contribution is -0.124. The zero-order chi connectivity index (χ0) is 21.6. The average Bonchev–Trinajstić information content (AvgIpc) is 2.70. The third kappa shape index (κ3) is 5.78. The molecule has 0 fully saturated rings. The van der Waals surface area contributed by atoms with Gasteiger partial charge < -0.3 is 14.8 Å². The Labute approximate surface area is 170 Å². The molecular formula is C20H24N2O6S. The number of hydrogen-bond donors (Lipinski definition) is 1. The number of hydrogen-bond acceptors (Lipinski definition) is 6. The summed E-state index contributed by atoms with van der Waals surface area (Å²) in [6.07, 6.45) is 0. The van der Waals surface area contributed by atoms with Crippen LogP contribution in [-0.2, 0) is 26.1 Å². The van der Waals surface area contributed by atoms with Gasteiger partial charge in [-0.25, -0.2) is 17.5 Å². The summed E-state index contributed by atoms with van der Waals surface area (Å²) in [5.74, 6) is -0.523. The number of methoxy groups -OCH3 is 1. The number of rotatable bonds is 8. The highest BCUT2D eigenvalue weighted by Gasteiger charge is 2.21. The molecule has 0 radical (unpaired) electrons. The van der Waals surface area contributed by atoms with Gasteiger partial charge in [0.15, 0.2) is 6.61 Å². The van der Waals surface area contributed by atoms with Crippen molar-refractivity contribution in [2.45, 2.75) is 18.4 Å². The molecule has 1 amide bonds. The smallest absolute Gasteiger partial charge is 0.338 e. The first-order chi connectivity index (χ1) is 13.6. The number of aryl methyl sites for hydroxylation is 1. The fourth-order valence-electron chi connectivity index (χ4n) is 2.40. The molecule has 29 heavy (non-hydrogen) atoms. The van der Waals surface area contributed by atoms with Crippen molar-refractivity contribution in [3.63, 3.8) is 0 Å². The third-order valence-corrected chi connectivity index (χ3v) is 6.00. The molecule has 0 saturated heterocycles. The van der Waals surface area contributed by atoms with Gasteiger partial charge in [0.05, 0.1) is 17.6 Å². The molecule has 0 aliphatic rings. The SMILES string of the molecule is COc1ccc(CNC(=O)COC(=O)c2cc(S(=O)(=O)N(C)C)ccc2C)cc1. The van der Waals surface area contributed by atoms with E-state index in [4.69, 9.17) is 9.47 Å². The van der Waals surface area contributed by atoms with Crippen LogP contribution in [0, 0.1) is 6.92 Å². The van der Waals surface area contributed by atoms with Crippen molar-refractivity contribution in [2.75, 3.05) is 27.8 Å². The van der Waals surface area contributed by atoms with E-state index in [1.54, 1.807) is 26.2 Å². The van der Waals surface area contributed by atoms with Crippen molar-refractivity contribution in [1.82, 2.24) is 9.62 Å². The van der Waals surface area contributed by atoms with Gasteiger partial charge >= 0.3 is 5.97 Å². The summed E-state index contributed by atoms with van der Waals surface area (Å²) in [7, 11) is 0.686. The molecule has 2 aromatic carbocycles. The summed E-state index contributed by atoms with van der Waals surface area (Å²) in [4.78, 5) is 24.3. The number of benzene rings is 2. The first-order valence-electron chi connectivity index (χ1n) is 8.75. The van der Waals surface area contributed by atoms with Crippen molar-refractivity contribution in [3.8, 4) is 5.75 Å². The molecule has 0 atom stereocenters. The number of esters is 1.